The van der Waals surface area contributed by atoms with E-state index in [0.29, 0.717) is 35.3 Å². The maximum atomic E-state index is 12.7. The van der Waals surface area contributed by atoms with Crippen LogP contribution in [0.2, 0.25) is 0 Å². The van der Waals surface area contributed by atoms with Crippen molar-refractivity contribution in [2.75, 3.05) is 0 Å². The molecule has 0 aromatic heterocycles. The first-order valence-corrected chi connectivity index (χ1v) is 12.3. The van der Waals surface area contributed by atoms with Gasteiger partial charge in [-0.15, -0.1) is 0 Å². The van der Waals surface area contributed by atoms with E-state index in [2.05, 4.69) is 67.8 Å². The number of esters is 1. The van der Waals surface area contributed by atoms with Gasteiger partial charge in [-0.2, -0.15) is 8.42 Å². The monoisotopic (exact) mass is 710 g/mol. The first-order valence-electron chi connectivity index (χ1n) is 7.67. The van der Waals surface area contributed by atoms with E-state index in [0.717, 1.165) is 23.6 Å². The number of carbonyl (C=O) groups is 1. The van der Waals surface area contributed by atoms with Crippen molar-refractivity contribution in [2.24, 2.45) is 0 Å². The van der Waals surface area contributed by atoms with Gasteiger partial charge in [0.15, 0.2) is 0 Å². The molecule has 0 bridgehead atoms. The zero-order chi connectivity index (χ0) is 19.1. The fraction of sp³-hybridized carbons (Fsp3) is 0.235. The lowest BCUT2D eigenvalue weighted by molar-refractivity contribution is 0.0731. The molecule has 5 nitrogen and oxygen atoms in total. The van der Waals surface area contributed by atoms with Crippen molar-refractivity contribution in [3.8, 4) is 5.75 Å². The summed E-state index contributed by atoms with van der Waals surface area (Å²) < 4.78 is 41.0. The summed E-state index contributed by atoms with van der Waals surface area (Å²) in [4.78, 5) is 12.6. The number of rotatable bonds is 3. The van der Waals surface area contributed by atoms with Gasteiger partial charge in [0.1, 0.15) is 5.75 Å². The maximum Gasteiger partial charge on any atom is 0.344 e. The number of fused-ring (bicyclic) bond motifs is 1. The number of halogens is 3. The largest absolute Gasteiger partial charge is 0.423 e. The second kappa shape index (κ2) is 8.17. The summed E-state index contributed by atoms with van der Waals surface area (Å²) in [6.07, 6.45) is 2.86. The summed E-state index contributed by atoms with van der Waals surface area (Å²) in [5.41, 5.74) is 1.72. The topological polar surface area (TPSA) is 80.7 Å². The van der Waals surface area contributed by atoms with Gasteiger partial charge in [0.25, 0.3) is 10.1 Å². The van der Waals surface area contributed by atoms with Crippen molar-refractivity contribution in [1.82, 2.24) is 0 Å². The minimum absolute atomic E-state index is 0.0922. The van der Waals surface area contributed by atoms with E-state index < -0.39 is 16.1 Å². The number of hydrogen-bond donors (Lipinski definition) is 1. The molecule has 1 N–H and O–H groups in total. The Labute approximate surface area is 192 Å². The highest BCUT2D eigenvalue weighted by molar-refractivity contribution is 14.1. The minimum Gasteiger partial charge on any atom is -0.423 e. The lowest BCUT2D eigenvalue weighted by atomic mass is 9.91. The molecule has 3 rings (SSSR count). The average molecular weight is 710 g/mol. The Morgan fingerprint density at radius 3 is 2.35 bits per heavy atom. The van der Waals surface area contributed by atoms with E-state index in [1.165, 1.54) is 12.1 Å². The maximum absolute atomic E-state index is 12.7. The second-order valence-electron chi connectivity index (χ2n) is 5.84. The standard InChI is InChI=1S/C17H13I3O5S/c18-9-7-12(16(20)13(19)8-9)17(21)25-14-5-6-15(26(22,23)24)11-4-2-1-3-10(11)14/h5-8H,1-4H2,(H,22,23,24). The molecule has 0 amide bonds. The van der Waals surface area contributed by atoms with E-state index >= 15 is 0 Å². The van der Waals surface area contributed by atoms with Crippen molar-refractivity contribution < 1.29 is 22.5 Å². The smallest absolute Gasteiger partial charge is 0.344 e. The summed E-state index contributed by atoms with van der Waals surface area (Å²) in [6, 6.07) is 6.51. The third kappa shape index (κ3) is 4.36. The van der Waals surface area contributed by atoms with Gasteiger partial charge in [0, 0.05) is 10.7 Å². The molecule has 0 atom stereocenters. The fourth-order valence-electron chi connectivity index (χ4n) is 3.00. The molecular formula is C17H13I3O5S. The number of ether oxygens (including phenoxy) is 1. The van der Waals surface area contributed by atoms with E-state index in [1.807, 2.05) is 6.07 Å². The summed E-state index contributed by atoms with van der Waals surface area (Å²) in [5.74, 6) is -0.111. The Morgan fingerprint density at radius 2 is 1.69 bits per heavy atom. The van der Waals surface area contributed by atoms with Crippen LogP contribution in [0, 0.1) is 10.7 Å². The normalized spacial score (nSPS) is 14.0. The molecule has 0 saturated heterocycles. The van der Waals surface area contributed by atoms with Crippen LogP contribution in [0.5, 0.6) is 5.75 Å². The van der Waals surface area contributed by atoms with Crippen molar-refractivity contribution in [3.05, 3.63) is 51.7 Å². The molecule has 0 saturated carbocycles. The molecule has 0 unspecified atom stereocenters. The molecule has 138 valence electrons. The van der Waals surface area contributed by atoms with E-state index in [4.69, 9.17) is 4.74 Å². The fourth-order valence-corrected chi connectivity index (χ4v) is 6.15. The van der Waals surface area contributed by atoms with Crippen molar-refractivity contribution >= 4 is 83.9 Å². The van der Waals surface area contributed by atoms with Gasteiger partial charge in [-0.05, 0) is 129 Å². The van der Waals surface area contributed by atoms with Gasteiger partial charge < -0.3 is 4.74 Å². The van der Waals surface area contributed by atoms with Crippen LogP contribution in [0.25, 0.3) is 0 Å². The van der Waals surface area contributed by atoms with Crippen molar-refractivity contribution in [1.29, 1.82) is 0 Å². The van der Waals surface area contributed by atoms with Gasteiger partial charge in [-0.3, -0.25) is 4.55 Å². The highest BCUT2D eigenvalue weighted by atomic mass is 127. The Kier molecular flexibility index (Phi) is 6.52. The SMILES string of the molecule is O=C(Oc1ccc(S(=O)(=O)O)c2c1CCCC2)c1cc(I)cc(I)c1I. The lowest BCUT2D eigenvalue weighted by Gasteiger charge is -2.21. The third-order valence-corrected chi connectivity index (χ3v) is 8.75. The highest BCUT2D eigenvalue weighted by Gasteiger charge is 2.25. The molecule has 2 aromatic carbocycles. The predicted octanol–water partition coefficient (Wildman–Crippen LogP) is 4.85. The minimum atomic E-state index is -4.30. The van der Waals surface area contributed by atoms with Crippen LogP contribution in [0.1, 0.15) is 34.3 Å². The van der Waals surface area contributed by atoms with Crippen molar-refractivity contribution in [3.63, 3.8) is 0 Å². The molecule has 0 heterocycles. The van der Waals surface area contributed by atoms with Gasteiger partial charge in [0.05, 0.1) is 10.5 Å². The van der Waals surface area contributed by atoms with Crippen LogP contribution in [-0.4, -0.2) is 18.9 Å². The van der Waals surface area contributed by atoms with E-state index in [9.17, 15) is 17.8 Å². The molecular weight excluding hydrogens is 697 g/mol. The summed E-state index contributed by atoms with van der Waals surface area (Å²) in [5, 5.41) is 0. The van der Waals surface area contributed by atoms with Gasteiger partial charge in [0.2, 0.25) is 0 Å². The number of carbonyl (C=O) groups excluding carboxylic acids is 1. The molecule has 1 aliphatic carbocycles. The van der Waals surface area contributed by atoms with Crippen LogP contribution >= 0.6 is 67.8 Å². The lowest BCUT2D eigenvalue weighted by Crippen LogP contribution is -2.16. The Hall–Kier alpha value is 0.0100. The molecule has 26 heavy (non-hydrogen) atoms. The number of hydrogen-bond acceptors (Lipinski definition) is 4. The first-order chi connectivity index (χ1) is 12.2. The van der Waals surface area contributed by atoms with Crippen LogP contribution in [0.4, 0.5) is 0 Å². The summed E-state index contributed by atoms with van der Waals surface area (Å²) in [6.45, 7) is 0. The second-order valence-corrected chi connectivity index (χ2v) is 10.7. The molecule has 1 aliphatic rings. The average Bonchev–Trinajstić information content (AvgIpc) is 2.57. The van der Waals surface area contributed by atoms with Crippen LogP contribution in [0.15, 0.2) is 29.2 Å². The van der Waals surface area contributed by atoms with Gasteiger partial charge in [-0.25, -0.2) is 4.79 Å². The summed E-state index contributed by atoms with van der Waals surface area (Å²) in [7, 11) is -4.30. The molecule has 2 aromatic rings. The molecule has 0 aliphatic heterocycles. The van der Waals surface area contributed by atoms with Gasteiger partial charge >= 0.3 is 5.97 Å². The zero-order valence-electron chi connectivity index (χ0n) is 13.3. The number of benzene rings is 2. The van der Waals surface area contributed by atoms with E-state index in [-0.39, 0.29) is 4.90 Å². The molecule has 0 radical (unpaired) electrons. The van der Waals surface area contributed by atoms with Crippen LogP contribution < -0.4 is 4.74 Å². The first kappa shape index (κ1) is 20.7. The quantitative estimate of drug-likeness (QED) is 0.162. The zero-order valence-corrected chi connectivity index (χ0v) is 20.5. The predicted molar refractivity (Wildman–Crippen MR) is 122 cm³/mol. The molecule has 0 fully saturated rings. The Bertz CT molecular complexity index is 1000. The molecule has 0 spiro atoms. The molecule has 9 heteroatoms. The Balaban J connectivity index is 2.02. The highest BCUT2D eigenvalue weighted by Crippen LogP contribution is 2.35. The third-order valence-electron chi connectivity index (χ3n) is 4.14. The van der Waals surface area contributed by atoms with Crippen LogP contribution in [0.3, 0.4) is 0 Å². The van der Waals surface area contributed by atoms with Gasteiger partial charge in [-0.1, -0.05) is 0 Å². The van der Waals surface area contributed by atoms with Crippen LogP contribution in [-0.2, 0) is 23.0 Å². The van der Waals surface area contributed by atoms with Crippen molar-refractivity contribution in [2.45, 2.75) is 30.6 Å². The van der Waals surface area contributed by atoms with E-state index in [1.54, 1.807) is 6.07 Å². The Morgan fingerprint density at radius 1 is 1.04 bits per heavy atom. The summed E-state index contributed by atoms with van der Waals surface area (Å²) >= 11 is 6.44.